The molecule has 0 spiro atoms. The number of carbonyl (C=O) groups is 1. The third kappa shape index (κ3) is 3.75. The highest BCUT2D eigenvalue weighted by atomic mass is 16.3. The van der Waals surface area contributed by atoms with Crippen LogP contribution in [0.25, 0.3) is 0 Å². The number of para-hydroxylation sites is 1. The van der Waals surface area contributed by atoms with Gasteiger partial charge in [0.25, 0.3) is 5.91 Å². The summed E-state index contributed by atoms with van der Waals surface area (Å²) in [6, 6.07) is 19.4. The number of hydrogen-bond donors (Lipinski definition) is 2. The minimum absolute atomic E-state index is 0.0382. The molecule has 0 saturated heterocycles. The van der Waals surface area contributed by atoms with Gasteiger partial charge < -0.3 is 15.3 Å². The van der Waals surface area contributed by atoms with Crippen molar-refractivity contribution >= 4 is 17.4 Å². The van der Waals surface area contributed by atoms with Crippen LogP contribution in [0.5, 0.6) is 0 Å². The number of nitrogens with one attached hydrogen (secondary N) is 1. The number of rotatable bonds is 5. The van der Waals surface area contributed by atoms with E-state index >= 15 is 0 Å². The minimum Gasteiger partial charge on any atom is -0.387 e. The third-order valence-corrected chi connectivity index (χ3v) is 5.05. The molecule has 2 aromatic carbocycles. The maximum Gasteiger partial charge on any atom is 0.259 e. The van der Waals surface area contributed by atoms with Crippen LogP contribution < -0.4 is 10.2 Å². The lowest BCUT2D eigenvalue weighted by atomic mass is 10.1. The number of anilines is 2. The molecular formula is C23H23N3O2. The van der Waals surface area contributed by atoms with Crippen LogP contribution in [0.1, 0.15) is 33.2 Å². The van der Waals surface area contributed by atoms with Crippen LogP contribution in [-0.2, 0) is 6.42 Å². The molecule has 5 heteroatoms. The number of nitrogens with zero attached hydrogens (tertiary/aromatic N) is 2. The van der Waals surface area contributed by atoms with Gasteiger partial charge in [-0.3, -0.25) is 4.79 Å². The minimum atomic E-state index is -0.621. The van der Waals surface area contributed by atoms with Gasteiger partial charge in [0.1, 0.15) is 5.82 Å². The number of aliphatic hydroxyl groups excluding tert-OH is 1. The molecule has 0 saturated carbocycles. The smallest absolute Gasteiger partial charge is 0.259 e. The molecule has 0 aliphatic carbocycles. The average Bonchev–Trinajstić information content (AvgIpc) is 3.16. The maximum absolute atomic E-state index is 12.8. The van der Waals surface area contributed by atoms with Crippen molar-refractivity contribution in [3.63, 3.8) is 0 Å². The van der Waals surface area contributed by atoms with Crippen LogP contribution in [-0.4, -0.2) is 29.1 Å². The zero-order valence-corrected chi connectivity index (χ0v) is 15.8. The molecule has 1 aliphatic rings. The van der Waals surface area contributed by atoms with E-state index in [1.165, 1.54) is 5.56 Å². The van der Waals surface area contributed by atoms with Gasteiger partial charge in [-0.25, -0.2) is 4.98 Å². The first kappa shape index (κ1) is 18.2. The highest BCUT2D eigenvalue weighted by molar-refractivity contribution is 6.07. The van der Waals surface area contributed by atoms with Gasteiger partial charge in [-0.15, -0.1) is 0 Å². The van der Waals surface area contributed by atoms with E-state index in [1.807, 2.05) is 49.4 Å². The molecule has 28 heavy (non-hydrogen) atoms. The third-order valence-electron chi connectivity index (χ3n) is 5.05. The van der Waals surface area contributed by atoms with Crippen molar-refractivity contribution in [1.82, 2.24) is 4.98 Å². The summed E-state index contributed by atoms with van der Waals surface area (Å²) in [6.45, 7) is 3.05. The van der Waals surface area contributed by atoms with E-state index in [1.54, 1.807) is 23.2 Å². The lowest BCUT2D eigenvalue weighted by Gasteiger charge is -2.17. The number of amides is 1. The SMILES string of the molecule is Cc1cccc(C(O)CNc2ccc(C(=O)N3CCc4ccccc43)cn2)c1. The number of aromatic nitrogens is 1. The van der Waals surface area contributed by atoms with Crippen LogP contribution >= 0.6 is 0 Å². The Morgan fingerprint density at radius 1 is 1.18 bits per heavy atom. The number of benzene rings is 2. The Morgan fingerprint density at radius 3 is 2.82 bits per heavy atom. The predicted molar refractivity (Wildman–Crippen MR) is 111 cm³/mol. The standard InChI is InChI=1S/C23H23N3O2/c1-16-5-4-7-18(13-16)21(27)15-25-22-10-9-19(14-24-22)23(28)26-12-11-17-6-2-3-8-20(17)26/h2-10,13-14,21,27H,11-12,15H2,1H3,(H,24,25). The van der Waals surface area contributed by atoms with Gasteiger partial charge in [0.05, 0.1) is 11.7 Å². The summed E-state index contributed by atoms with van der Waals surface area (Å²) < 4.78 is 0. The Bertz CT molecular complexity index is 985. The molecule has 1 aromatic heterocycles. The van der Waals surface area contributed by atoms with Crippen molar-refractivity contribution in [2.75, 3.05) is 23.3 Å². The van der Waals surface area contributed by atoms with Crippen molar-refractivity contribution in [3.05, 3.63) is 89.1 Å². The van der Waals surface area contributed by atoms with Crippen LogP contribution in [0, 0.1) is 6.92 Å². The zero-order chi connectivity index (χ0) is 19.5. The Morgan fingerprint density at radius 2 is 2.04 bits per heavy atom. The molecule has 2 N–H and O–H groups in total. The number of pyridine rings is 1. The van der Waals surface area contributed by atoms with Gasteiger partial charge in [-0.05, 0) is 42.7 Å². The van der Waals surface area contributed by atoms with Gasteiger partial charge in [-0.2, -0.15) is 0 Å². The fourth-order valence-electron chi connectivity index (χ4n) is 3.53. The fourth-order valence-corrected chi connectivity index (χ4v) is 3.53. The van der Waals surface area contributed by atoms with Crippen LogP contribution in [0.2, 0.25) is 0 Å². The Kier molecular flexibility index (Phi) is 5.08. The molecule has 1 amide bonds. The molecule has 1 aliphatic heterocycles. The van der Waals surface area contributed by atoms with Gasteiger partial charge in [-0.1, -0.05) is 48.0 Å². The van der Waals surface area contributed by atoms with Crippen molar-refractivity contribution in [1.29, 1.82) is 0 Å². The summed E-state index contributed by atoms with van der Waals surface area (Å²) in [4.78, 5) is 19.0. The van der Waals surface area contributed by atoms with E-state index in [4.69, 9.17) is 0 Å². The quantitative estimate of drug-likeness (QED) is 0.715. The summed E-state index contributed by atoms with van der Waals surface area (Å²) in [5.41, 5.74) is 4.72. The molecule has 0 radical (unpaired) electrons. The highest BCUT2D eigenvalue weighted by Gasteiger charge is 2.25. The summed E-state index contributed by atoms with van der Waals surface area (Å²) in [5.74, 6) is 0.592. The molecular weight excluding hydrogens is 350 g/mol. The number of aryl methyl sites for hydroxylation is 1. The Hall–Kier alpha value is -3.18. The maximum atomic E-state index is 12.8. The fraction of sp³-hybridized carbons (Fsp3) is 0.217. The second kappa shape index (κ2) is 7.82. The molecule has 1 unspecified atom stereocenters. The number of aliphatic hydroxyl groups is 1. The monoisotopic (exact) mass is 373 g/mol. The predicted octanol–water partition coefficient (Wildman–Crippen LogP) is 3.74. The summed E-state index contributed by atoms with van der Waals surface area (Å²) in [6.07, 6.45) is 1.85. The molecule has 5 nitrogen and oxygen atoms in total. The molecule has 0 bridgehead atoms. The van der Waals surface area contributed by atoms with Crippen LogP contribution in [0.15, 0.2) is 66.9 Å². The van der Waals surface area contributed by atoms with Gasteiger partial charge >= 0.3 is 0 Å². The second-order valence-electron chi connectivity index (χ2n) is 7.08. The normalized spacial score (nSPS) is 13.9. The van der Waals surface area contributed by atoms with Gasteiger partial charge in [0, 0.05) is 25.0 Å². The Balaban J connectivity index is 1.40. The van der Waals surface area contributed by atoms with E-state index in [0.717, 1.165) is 23.2 Å². The van der Waals surface area contributed by atoms with E-state index in [-0.39, 0.29) is 5.91 Å². The summed E-state index contributed by atoms with van der Waals surface area (Å²) in [5, 5.41) is 13.5. The number of fused-ring (bicyclic) bond motifs is 1. The largest absolute Gasteiger partial charge is 0.387 e. The average molecular weight is 373 g/mol. The molecule has 142 valence electrons. The topological polar surface area (TPSA) is 65.5 Å². The zero-order valence-electron chi connectivity index (χ0n) is 15.8. The van der Waals surface area contributed by atoms with E-state index in [2.05, 4.69) is 16.4 Å². The highest BCUT2D eigenvalue weighted by Crippen LogP contribution is 2.28. The molecule has 3 aromatic rings. The van der Waals surface area contributed by atoms with Crippen molar-refractivity contribution in [3.8, 4) is 0 Å². The molecule has 4 rings (SSSR count). The van der Waals surface area contributed by atoms with Crippen molar-refractivity contribution in [2.45, 2.75) is 19.4 Å². The first-order valence-electron chi connectivity index (χ1n) is 9.46. The van der Waals surface area contributed by atoms with Crippen molar-refractivity contribution in [2.24, 2.45) is 0 Å². The summed E-state index contributed by atoms with van der Waals surface area (Å²) in [7, 11) is 0. The number of carbonyl (C=O) groups excluding carboxylic acids is 1. The van der Waals surface area contributed by atoms with Crippen molar-refractivity contribution < 1.29 is 9.90 Å². The van der Waals surface area contributed by atoms with E-state index in [9.17, 15) is 9.90 Å². The lowest BCUT2D eigenvalue weighted by Crippen LogP contribution is -2.29. The summed E-state index contributed by atoms with van der Waals surface area (Å²) >= 11 is 0. The van der Waals surface area contributed by atoms with Gasteiger partial charge in [0.2, 0.25) is 0 Å². The molecule has 0 fully saturated rings. The van der Waals surface area contributed by atoms with E-state index in [0.29, 0.717) is 24.5 Å². The molecule has 2 heterocycles. The lowest BCUT2D eigenvalue weighted by molar-refractivity contribution is 0.0989. The number of hydrogen-bond acceptors (Lipinski definition) is 4. The Labute approximate surface area is 164 Å². The van der Waals surface area contributed by atoms with Crippen LogP contribution in [0.3, 0.4) is 0 Å². The first-order valence-corrected chi connectivity index (χ1v) is 9.46. The first-order chi connectivity index (χ1) is 13.6. The second-order valence-corrected chi connectivity index (χ2v) is 7.08. The molecule has 1 atom stereocenters. The van der Waals surface area contributed by atoms with Crippen LogP contribution in [0.4, 0.5) is 11.5 Å². The van der Waals surface area contributed by atoms with Gasteiger partial charge in [0.15, 0.2) is 0 Å². The van der Waals surface area contributed by atoms with E-state index < -0.39 is 6.10 Å².